The van der Waals surface area contributed by atoms with Gasteiger partial charge in [0.25, 0.3) is 0 Å². The largest absolute Gasteiger partial charge is 0.452 e. The first-order chi connectivity index (χ1) is 27.8. The number of aromatic nitrogens is 3. The van der Waals surface area contributed by atoms with E-state index in [1.54, 1.807) is 0 Å². The maximum absolute atomic E-state index is 6.68. The number of rotatable bonds is 2. The van der Waals surface area contributed by atoms with Crippen LogP contribution in [0.3, 0.4) is 0 Å². The third-order valence-corrected chi connectivity index (χ3v) is 13.1. The average molecular weight is 718 g/mol. The Hall–Kier alpha value is -6.78. The minimum absolute atomic E-state index is 0.109. The van der Waals surface area contributed by atoms with Gasteiger partial charge in [0.2, 0.25) is 5.95 Å². The Labute approximate surface area is 322 Å². The van der Waals surface area contributed by atoms with E-state index in [1.165, 1.54) is 90.1 Å². The first-order valence-electron chi connectivity index (χ1n) is 20.0. The average Bonchev–Trinajstić information content (AvgIpc) is 3.90. The van der Waals surface area contributed by atoms with Crippen LogP contribution in [0.1, 0.15) is 43.2 Å². The van der Waals surface area contributed by atoms with Crippen molar-refractivity contribution in [1.29, 1.82) is 0 Å². The highest BCUT2D eigenvalue weighted by atomic mass is 16.3. The van der Waals surface area contributed by atoms with E-state index in [4.69, 9.17) is 14.4 Å². The lowest BCUT2D eigenvalue weighted by Gasteiger charge is -2.36. The maximum atomic E-state index is 6.68. The zero-order chi connectivity index (χ0) is 36.5. The summed E-state index contributed by atoms with van der Waals surface area (Å²) in [4.78, 5) is 11.2. The molecule has 0 radical (unpaired) electrons. The van der Waals surface area contributed by atoms with E-state index in [1.807, 2.05) is 12.1 Å². The predicted octanol–water partition coefficient (Wildman–Crippen LogP) is 13.8. The second-order valence-electron chi connectivity index (χ2n) is 15.9. The monoisotopic (exact) mass is 717 g/mol. The molecule has 0 amide bonds. The molecule has 2 aliphatic carbocycles. The van der Waals surface area contributed by atoms with Gasteiger partial charge in [-0.05, 0) is 91.7 Å². The lowest BCUT2D eigenvalue weighted by Crippen LogP contribution is -2.28. The standard InChI is InChI=1S/C52H35N3O/c1-12-28-52(29-13-1)40-22-10-8-20-38(40)43-36-18-6-7-19-37(36)45-44-35-17-5-4-15-32(35)26-27-41(44)55(49(45)46(43)52)51-53-47(34-25-24-31-14-2-3-16-33(31)30-34)50-48(54-51)39-21-9-11-23-42(39)56-50/h2-11,14-27,30H,1,12-13,28-29H2. The molecule has 264 valence electrons. The molecule has 2 aliphatic rings. The van der Waals surface area contributed by atoms with Crippen molar-refractivity contribution in [2.75, 3.05) is 0 Å². The van der Waals surface area contributed by atoms with Crippen LogP contribution in [0.25, 0.3) is 105 Å². The van der Waals surface area contributed by atoms with Gasteiger partial charge in [-0.15, -0.1) is 0 Å². The summed E-state index contributed by atoms with van der Waals surface area (Å²) in [6.45, 7) is 0. The number of benzene rings is 8. The quantitative estimate of drug-likeness (QED) is 0.179. The lowest BCUT2D eigenvalue weighted by atomic mass is 9.67. The molecular formula is C52H35N3O. The molecule has 1 fully saturated rings. The molecule has 11 aromatic rings. The molecule has 1 spiro atoms. The summed E-state index contributed by atoms with van der Waals surface area (Å²) in [6.07, 6.45) is 5.94. The van der Waals surface area contributed by atoms with Crippen molar-refractivity contribution in [2.45, 2.75) is 37.5 Å². The fourth-order valence-electron chi connectivity index (χ4n) is 10.8. The number of nitrogens with zero attached hydrogens (tertiary/aromatic N) is 3. The van der Waals surface area contributed by atoms with Gasteiger partial charge < -0.3 is 4.42 Å². The zero-order valence-corrected chi connectivity index (χ0v) is 30.7. The summed E-state index contributed by atoms with van der Waals surface area (Å²) in [6, 6.07) is 55.2. The van der Waals surface area contributed by atoms with E-state index < -0.39 is 0 Å². The fraction of sp³-hybridized carbons (Fsp3) is 0.115. The van der Waals surface area contributed by atoms with Gasteiger partial charge in [-0.25, -0.2) is 9.97 Å². The van der Waals surface area contributed by atoms with E-state index in [-0.39, 0.29) is 5.41 Å². The smallest absolute Gasteiger partial charge is 0.236 e. The minimum Gasteiger partial charge on any atom is -0.452 e. The highest BCUT2D eigenvalue weighted by Gasteiger charge is 2.47. The van der Waals surface area contributed by atoms with Gasteiger partial charge in [0.15, 0.2) is 5.58 Å². The Morgan fingerprint density at radius 2 is 1.25 bits per heavy atom. The zero-order valence-electron chi connectivity index (χ0n) is 30.7. The number of para-hydroxylation sites is 1. The van der Waals surface area contributed by atoms with Crippen LogP contribution in [0.2, 0.25) is 0 Å². The highest BCUT2D eigenvalue weighted by molar-refractivity contribution is 6.32. The molecule has 56 heavy (non-hydrogen) atoms. The number of furan rings is 1. The molecule has 0 N–H and O–H groups in total. The number of hydrogen-bond donors (Lipinski definition) is 0. The highest BCUT2D eigenvalue weighted by Crippen LogP contribution is 2.61. The van der Waals surface area contributed by atoms with Crippen LogP contribution >= 0.6 is 0 Å². The van der Waals surface area contributed by atoms with Crippen LogP contribution in [0.5, 0.6) is 0 Å². The van der Waals surface area contributed by atoms with E-state index in [2.05, 4.69) is 144 Å². The second-order valence-corrected chi connectivity index (χ2v) is 15.9. The molecule has 0 atom stereocenters. The molecule has 0 aliphatic heterocycles. The first-order valence-corrected chi connectivity index (χ1v) is 20.0. The van der Waals surface area contributed by atoms with Crippen LogP contribution in [-0.4, -0.2) is 14.5 Å². The molecular weight excluding hydrogens is 683 g/mol. The third-order valence-electron chi connectivity index (χ3n) is 13.1. The third kappa shape index (κ3) is 3.93. The van der Waals surface area contributed by atoms with E-state index in [9.17, 15) is 0 Å². The van der Waals surface area contributed by atoms with Crippen molar-refractivity contribution in [2.24, 2.45) is 0 Å². The topological polar surface area (TPSA) is 43.9 Å². The van der Waals surface area contributed by atoms with Crippen molar-refractivity contribution in [3.05, 3.63) is 163 Å². The molecule has 13 rings (SSSR count). The van der Waals surface area contributed by atoms with Crippen molar-refractivity contribution in [3.8, 4) is 28.3 Å². The molecule has 1 saturated carbocycles. The van der Waals surface area contributed by atoms with Crippen molar-refractivity contribution in [3.63, 3.8) is 0 Å². The first kappa shape index (κ1) is 30.5. The Bertz CT molecular complexity index is 3470. The van der Waals surface area contributed by atoms with Crippen LogP contribution in [0, 0.1) is 0 Å². The van der Waals surface area contributed by atoms with Gasteiger partial charge in [-0.2, -0.15) is 0 Å². The van der Waals surface area contributed by atoms with E-state index in [0.29, 0.717) is 11.5 Å². The van der Waals surface area contributed by atoms with E-state index in [0.717, 1.165) is 46.1 Å². The van der Waals surface area contributed by atoms with Crippen LogP contribution in [-0.2, 0) is 5.41 Å². The fourth-order valence-corrected chi connectivity index (χ4v) is 10.8. The van der Waals surface area contributed by atoms with Gasteiger partial charge in [-0.1, -0.05) is 147 Å². The van der Waals surface area contributed by atoms with Gasteiger partial charge in [0.05, 0.1) is 11.0 Å². The van der Waals surface area contributed by atoms with Crippen LogP contribution in [0.4, 0.5) is 0 Å². The van der Waals surface area contributed by atoms with Gasteiger partial charge >= 0.3 is 0 Å². The minimum atomic E-state index is -0.109. The Morgan fingerprint density at radius 3 is 2.12 bits per heavy atom. The molecule has 4 nitrogen and oxygen atoms in total. The molecule has 0 unspecified atom stereocenters. The molecule has 0 bridgehead atoms. The molecule has 4 heteroatoms. The second kappa shape index (κ2) is 11.1. The molecule has 8 aromatic carbocycles. The van der Waals surface area contributed by atoms with Crippen LogP contribution in [0.15, 0.2) is 156 Å². The van der Waals surface area contributed by atoms with Crippen molar-refractivity contribution < 1.29 is 4.42 Å². The summed E-state index contributed by atoms with van der Waals surface area (Å²) >= 11 is 0. The van der Waals surface area contributed by atoms with Gasteiger partial charge in [-0.3, -0.25) is 4.57 Å². The maximum Gasteiger partial charge on any atom is 0.236 e. The summed E-state index contributed by atoms with van der Waals surface area (Å²) in [5.74, 6) is 0.668. The summed E-state index contributed by atoms with van der Waals surface area (Å²) in [7, 11) is 0. The van der Waals surface area contributed by atoms with Crippen LogP contribution < -0.4 is 0 Å². The normalized spacial score (nSPS) is 14.9. The molecule has 3 heterocycles. The molecule has 3 aromatic heterocycles. The Balaban J connectivity index is 1.27. The van der Waals surface area contributed by atoms with E-state index >= 15 is 0 Å². The summed E-state index contributed by atoms with van der Waals surface area (Å²) < 4.78 is 9.13. The SMILES string of the molecule is c1ccc2c(c1)-c1c(c3c(c4ccccc14)c1c4ccccc4ccc1n3-c1nc(-c3ccc4ccccc4c3)c3oc4ccccc4c3n1)C21CCCCC1. The lowest BCUT2D eigenvalue weighted by molar-refractivity contribution is 0.354. The number of hydrogen-bond acceptors (Lipinski definition) is 3. The van der Waals surface area contributed by atoms with Gasteiger partial charge in [0.1, 0.15) is 16.8 Å². The Kier molecular flexibility index (Phi) is 6.08. The summed E-state index contributed by atoms with van der Waals surface area (Å²) in [5.41, 5.74) is 12.1. The molecule has 0 saturated heterocycles. The summed E-state index contributed by atoms with van der Waals surface area (Å²) in [5, 5.41) is 11.0. The van der Waals surface area contributed by atoms with Gasteiger partial charge in [0, 0.05) is 27.1 Å². The Morgan fingerprint density at radius 1 is 0.554 bits per heavy atom. The predicted molar refractivity (Wildman–Crippen MR) is 231 cm³/mol. The van der Waals surface area contributed by atoms with Crippen molar-refractivity contribution in [1.82, 2.24) is 14.5 Å². The van der Waals surface area contributed by atoms with Crippen molar-refractivity contribution >= 4 is 76.2 Å². The number of fused-ring (bicyclic) bond motifs is 18.